The zero-order valence-electron chi connectivity index (χ0n) is 19.1. The van der Waals surface area contributed by atoms with Crippen LogP contribution in [0.25, 0.3) is 0 Å². The summed E-state index contributed by atoms with van der Waals surface area (Å²) in [5, 5.41) is 12.6. The van der Waals surface area contributed by atoms with Gasteiger partial charge in [-0.2, -0.15) is 5.26 Å². The Morgan fingerprint density at radius 2 is 1.80 bits per heavy atom. The molecule has 0 aliphatic carbocycles. The minimum absolute atomic E-state index is 0.0685. The van der Waals surface area contributed by atoms with Crippen LogP contribution in [0.2, 0.25) is 0 Å². The second-order valence-electron chi connectivity index (χ2n) is 9.13. The molecule has 30 heavy (non-hydrogen) atoms. The van der Waals surface area contributed by atoms with Gasteiger partial charge in [0.15, 0.2) is 11.5 Å². The number of nitrogens with one attached hydrogen (secondary N) is 1. The van der Waals surface area contributed by atoms with Gasteiger partial charge in [0.1, 0.15) is 11.6 Å². The summed E-state index contributed by atoms with van der Waals surface area (Å²) >= 11 is 0. The van der Waals surface area contributed by atoms with Gasteiger partial charge < -0.3 is 25.4 Å². The minimum atomic E-state index is -0.416. The zero-order valence-corrected chi connectivity index (χ0v) is 19.1. The van der Waals surface area contributed by atoms with Crippen molar-refractivity contribution in [2.45, 2.75) is 70.6 Å². The first-order valence-corrected chi connectivity index (χ1v) is 10.1. The monoisotopic (exact) mass is 414 g/mol. The lowest BCUT2D eigenvalue weighted by atomic mass is 9.77. The highest BCUT2D eigenvalue weighted by molar-refractivity contribution is 5.97. The fourth-order valence-corrected chi connectivity index (χ4v) is 4.47. The Balaban J connectivity index is 2.25. The number of piperidine rings is 1. The van der Waals surface area contributed by atoms with Crippen molar-refractivity contribution in [1.29, 1.82) is 5.26 Å². The third kappa shape index (κ3) is 5.06. The number of carbonyl (C=O) groups is 1. The second-order valence-corrected chi connectivity index (χ2v) is 9.13. The van der Waals surface area contributed by atoms with Crippen LogP contribution in [-0.4, -0.2) is 42.1 Å². The van der Waals surface area contributed by atoms with Crippen LogP contribution in [-0.2, 0) is 4.79 Å². The lowest BCUT2D eigenvalue weighted by molar-refractivity contribution is -0.117. The average molecular weight is 415 g/mol. The molecule has 1 aromatic rings. The number of nitrogens with zero attached hydrogens (tertiary/aromatic N) is 2. The van der Waals surface area contributed by atoms with Crippen molar-refractivity contribution < 1.29 is 14.3 Å². The van der Waals surface area contributed by atoms with E-state index in [2.05, 4.69) is 44.0 Å². The summed E-state index contributed by atoms with van der Waals surface area (Å²) in [7, 11) is 3.14. The number of hydrogen-bond donors (Lipinski definition) is 2. The van der Waals surface area contributed by atoms with Gasteiger partial charge >= 0.3 is 0 Å². The molecule has 3 N–H and O–H groups in total. The molecule has 164 valence electrons. The molecule has 1 fully saturated rings. The van der Waals surface area contributed by atoms with Crippen molar-refractivity contribution in [3.05, 3.63) is 35.5 Å². The van der Waals surface area contributed by atoms with Gasteiger partial charge in [-0.3, -0.25) is 4.79 Å². The van der Waals surface area contributed by atoms with E-state index >= 15 is 0 Å². The molecule has 1 aromatic carbocycles. The van der Waals surface area contributed by atoms with Gasteiger partial charge in [-0.15, -0.1) is 0 Å². The van der Waals surface area contributed by atoms with Gasteiger partial charge in [0.05, 0.1) is 20.3 Å². The number of rotatable bonds is 6. The SMILES string of the molecule is COc1ccc(C(C)NC(=O)/C(C#N)=C\N2C(C)(C)CC(N)CC2(C)C)cc1OC. The first-order valence-electron chi connectivity index (χ1n) is 10.1. The van der Waals surface area contributed by atoms with Crippen LogP contribution in [0, 0.1) is 11.3 Å². The summed E-state index contributed by atoms with van der Waals surface area (Å²) in [5.74, 6) is 0.784. The fourth-order valence-electron chi connectivity index (χ4n) is 4.47. The second kappa shape index (κ2) is 8.97. The highest BCUT2D eigenvalue weighted by Gasteiger charge is 2.43. The van der Waals surface area contributed by atoms with Crippen molar-refractivity contribution >= 4 is 5.91 Å². The van der Waals surface area contributed by atoms with E-state index in [4.69, 9.17) is 15.2 Å². The fraction of sp³-hybridized carbons (Fsp3) is 0.565. The van der Waals surface area contributed by atoms with Crippen LogP contribution in [0.15, 0.2) is 30.0 Å². The molecule has 0 spiro atoms. The molecule has 1 atom stereocenters. The van der Waals surface area contributed by atoms with Gasteiger partial charge in [-0.25, -0.2) is 0 Å². The smallest absolute Gasteiger partial charge is 0.263 e. The van der Waals surface area contributed by atoms with Crippen LogP contribution < -0.4 is 20.5 Å². The molecule has 0 aromatic heterocycles. The molecule has 1 saturated heterocycles. The molecule has 1 unspecified atom stereocenters. The number of nitriles is 1. The lowest BCUT2D eigenvalue weighted by Gasteiger charge is -2.54. The van der Waals surface area contributed by atoms with Crippen LogP contribution in [0.5, 0.6) is 11.5 Å². The standard InChI is InChI=1S/C23H34N4O3/c1-15(16-8-9-19(29-6)20(10-16)30-7)26-21(28)17(13-24)14-27-22(2,3)11-18(25)12-23(27,4)5/h8-10,14-15,18H,11-12,25H2,1-7H3,(H,26,28)/b17-14-. The number of nitrogens with two attached hydrogens (primary N) is 1. The Bertz CT molecular complexity index is 836. The quantitative estimate of drug-likeness (QED) is 0.547. The summed E-state index contributed by atoms with van der Waals surface area (Å²) in [4.78, 5) is 15.0. The van der Waals surface area contributed by atoms with Crippen LogP contribution in [0.4, 0.5) is 0 Å². The number of ether oxygens (including phenoxy) is 2. The Hall–Kier alpha value is -2.72. The third-order valence-electron chi connectivity index (χ3n) is 5.71. The molecule has 0 radical (unpaired) electrons. The first kappa shape index (κ1) is 23.6. The number of hydrogen-bond acceptors (Lipinski definition) is 6. The number of likely N-dealkylation sites (tertiary alicyclic amines) is 1. The van der Waals surface area contributed by atoms with Gasteiger partial charge in [0, 0.05) is 23.3 Å². The summed E-state index contributed by atoms with van der Waals surface area (Å²) in [6, 6.07) is 7.31. The van der Waals surface area contributed by atoms with E-state index in [1.54, 1.807) is 26.5 Å². The van der Waals surface area contributed by atoms with E-state index in [-0.39, 0.29) is 28.7 Å². The Morgan fingerprint density at radius 1 is 1.23 bits per heavy atom. The zero-order chi connectivity index (χ0) is 22.7. The number of benzene rings is 1. The lowest BCUT2D eigenvalue weighted by Crippen LogP contribution is -2.61. The van der Waals surface area contributed by atoms with Crippen molar-refractivity contribution in [3.8, 4) is 17.6 Å². The van der Waals surface area contributed by atoms with Crippen molar-refractivity contribution in [2.24, 2.45) is 5.73 Å². The van der Waals surface area contributed by atoms with Gasteiger partial charge in [-0.1, -0.05) is 6.07 Å². The maximum absolute atomic E-state index is 12.9. The highest BCUT2D eigenvalue weighted by Crippen LogP contribution is 2.38. The Kier molecular flexibility index (Phi) is 7.04. The molecule has 1 heterocycles. The minimum Gasteiger partial charge on any atom is -0.493 e. The number of carbonyl (C=O) groups excluding carboxylic acids is 1. The summed E-state index contributed by atoms with van der Waals surface area (Å²) in [6.07, 6.45) is 3.26. The van der Waals surface area contributed by atoms with Crippen molar-refractivity contribution in [3.63, 3.8) is 0 Å². The van der Waals surface area contributed by atoms with Crippen molar-refractivity contribution in [2.75, 3.05) is 14.2 Å². The molecule has 1 aliphatic rings. The van der Waals surface area contributed by atoms with E-state index in [0.717, 1.165) is 18.4 Å². The number of methoxy groups -OCH3 is 2. The molecule has 2 rings (SSSR count). The normalized spacial score (nSPS) is 19.6. The van der Waals surface area contributed by atoms with Gasteiger partial charge in [0.2, 0.25) is 0 Å². The molecular formula is C23H34N4O3. The molecule has 0 saturated carbocycles. The Morgan fingerprint density at radius 3 is 2.30 bits per heavy atom. The molecule has 1 amide bonds. The van der Waals surface area contributed by atoms with Crippen molar-refractivity contribution in [1.82, 2.24) is 10.2 Å². The van der Waals surface area contributed by atoms with E-state index in [1.165, 1.54) is 0 Å². The molecule has 0 bridgehead atoms. The van der Waals surface area contributed by atoms with E-state index in [1.807, 2.05) is 19.1 Å². The summed E-state index contributed by atoms with van der Waals surface area (Å²) in [5.41, 5.74) is 6.62. The average Bonchev–Trinajstić information content (AvgIpc) is 2.65. The first-order chi connectivity index (χ1) is 13.9. The third-order valence-corrected chi connectivity index (χ3v) is 5.71. The predicted molar refractivity (Wildman–Crippen MR) is 117 cm³/mol. The van der Waals surface area contributed by atoms with Crippen LogP contribution in [0.1, 0.15) is 59.1 Å². The highest BCUT2D eigenvalue weighted by atomic mass is 16.5. The van der Waals surface area contributed by atoms with E-state index < -0.39 is 5.91 Å². The topological polar surface area (TPSA) is 101 Å². The molecular weight excluding hydrogens is 380 g/mol. The maximum Gasteiger partial charge on any atom is 0.263 e. The molecule has 7 nitrogen and oxygen atoms in total. The largest absolute Gasteiger partial charge is 0.493 e. The summed E-state index contributed by atoms with van der Waals surface area (Å²) in [6.45, 7) is 10.2. The molecule has 1 aliphatic heterocycles. The van der Waals surface area contributed by atoms with Gasteiger partial charge in [0.25, 0.3) is 5.91 Å². The van der Waals surface area contributed by atoms with E-state index in [9.17, 15) is 10.1 Å². The molecule has 7 heteroatoms. The van der Waals surface area contributed by atoms with Crippen LogP contribution in [0.3, 0.4) is 0 Å². The number of amides is 1. The maximum atomic E-state index is 12.9. The van der Waals surface area contributed by atoms with E-state index in [0.29, 0.717) is 11.5 Å². The predicted octanol–water partition coefficient (Wildman–Crippen LogP) is 3.27. The van der Waals surface area contributed by atoms with Crippen LogP contribution >= 0.6 is 0 Å². The Labute approximate surface area is 179 Å². The summed E-state index contributed by atoms with van der Waals surface area (Å²) < 4.78 is 10.6. The van der Waals surface area contributed by atoms with Gasteiger partial charge in [-0.05, 0) is 65.2 Å².